The molecule has 5 nitrogen and oxygen atoms in total. The lowest BCUT2D eigenvalue weighted by Gasteiger charge is -2.12. The van der Waals surface area contributed by atoms with Crippen LogP contribution in [0.1, 0.15) is 30.0 Å². The molecular weight excluding hydrogens is 389 g/mol. The topological polar surface area (TPSA) is 70.6 Å². The predicted octanol–water partition coefficient (Wildman–Crippen LogP) is 3.24. The van der Waals surface area contributed by atoms with Crippen molar-refractivity contribution in [2.75, 3.05) is 25.4 Å². The first-order valence-electron chi connectivity index (χ1n) is 9.91. The molecule has 2 N–H and O–H groups in total. The molecule has 0 amide bonds. The second kappa shape index (κ2) is 11.6. The molecule has 0 radical (unpaired) electrons. The highest BCUT2D eigenvalue weighted by Crippen LogP contribution is 2.10. The third-order valence-corrected chi connectivity index (χ3v) is 6.13. The van der Waals surface area contributed by atoms with E-state index < -0.39 is 9.84 Å². The van der Waals surface area contributed by atoms with Gasteiger partial charge in [-0.05, 0) is 55.5 Å². The minimum absolute atomic E-state index is 0.0624. The molecule has 0 spiro atoms. The largest absolute Gasteiger partial charge is 0.357 e. The Balaban J connectivity index is 1.79. The Hall–Kier alpha value is -2.41. The average molecular weight is 420 g/mol. The van der Waals surface area contributed by atoms with E-state index in [0.29, 0.717) is 32.0 Å². The first kappa shape index (κ1) is 22.9. The zero-order valence-electron chi connectivity index (χ0n) is 17.1. The quantitative estimate of drug-likeness (QED) is 0.352. The molecule has 0 saturated carbocycles. The fraction of sp³-hybridized carbons (Fsp3) is 0.409. The number of aliphatic imine (C=N–C) groups is 1. The minimum atomic E-state index is -3.15. The smallest absolute Gasteiger partial charge is 0.191 e. The van der Waals surface area contributed by atoms with Crippen molar-refractivity contribution < 1.29 is 12.8 Å². The average Bonchev–Trinajstić information content (AvgIpc) is 2.67. The number of nitrogens with zero attached hydrogens (tertiary/aromatic N) is 1. The summed E-state index contributed by atoms with van der Waals surface area (Å²) in [6, 6.07) is 14.0. The molecule has 0 aliphatic carbocycles. The van der Waals surface area contributed by atoms with E-state index >= 15 is 0 Å². The Morgan fingerprint density at radius 1 is 1.10 bits per heavy atom. The van der Waals surface area contributed by atoms with E-state index in [1.54, 1.807) is 6.07 Å². The van der Waals surface area contributed by atoms with E-state index in [4.69, 9.17) is 0 Å². The first-order valence-corrected chi connectivity index (χ1v) is 11.7. The van der Waals surface area contributed by atoms with Crippen LogP contribution in [-0.4, -0.2) is 39.8 Å². The number of sulfone groups is 1. The van der Waals surface area contributed by atoms with Crippen molar-refractivity contribution in [2.45, 2.75) is 32.4 Å². The molecule has 0 unspecified atom stereocenters. The van der Waals surface area contributed by atoms with Crippen LogP contribution in [0, 0.1) is 12.7 Å². The van der Waals surface area contributed by atoms with Crippen LogP contribution in [-0.2, 0) is 22.0 Å². The SMILES string of the molecule is CCNC(=NCCCS(=O)(=O)Cc1ccccc1)NCCc1ccc(F)cc1C. The third-order valence-electron chi connectivity index (χ3n) is 4.45. The Labute approximate surface area is 173 Å². The molecule has 29 heavy (non-hydrogen) atoms. The standard InChI is InChI=1S/C22H30FN3O2S/c1-3-24-22(26-14-12-20-10-11-21(23)16-18(20)2)25-13-7-15-29(27,28)17-19-8-5-4-6-9-19/h4-6,8-11,16H,3,7,12-15,17H2,1-2H3,(H2,24,25,26). The number of aryl methyl sites for hydroxylation is 1. The van der Waals surface area contributed by atoms with Gasteiger partial charge in [-0.1, -0.05) is 36.4 Å². The van der Waals surface area contributed by atoms with Crippen molar-refractivity contribution >= 4 is 15.8 Å². The van der Waals surface area contributed by atoms with Gasteiger partial charge in [0.05, 0.1) is 11.5 Å². The van der Waals surface area contributed by atoms with Crippen molar-refractivity contribution in [3.05, 3.63) is 71.0 Å². The summed E-state index contributed by atoms with van der Waals surface area (Å²) in [4.78, 5) is 4.46. The molecule has 0 aliphatic rings. The summed E-state index contributed by atoms with van der Waals surface area (Å²) < 4.78 is 37.7. The van der Waals surface area contributed by atoms with Gasteiger partial charge in [-0.2, -0.15) is 0 Å². The lowest BCUT2D eigenvalue weighted by Crippen LogP contribution is -2.38. The van der Waals surface area contributed by atoms with Crippen molar-refractivity contribution in [2.24, 2.45) is 4.99 Å². The van der Waals surface area contributed by atoms with Crippen molar-refractivity contribution in [1.82, 2.24) is 10.6 Å². The fourth-order valence-electron chi connectivity index (χ4n) is 2.97. The molecule has 0 fully saturated rings. The molecule has 0 saturated heterocycles. The van der Waals surface area contributed by atoms with Crippen molar-refractivity contribution in [1.29, 1.82) is 0 Å². The fourth-order valence-corrected chi connectivity index (χ4v) is 4.39. The van der Waals surface area contributed by atoms with Crippen LogP contribution >= 0.6 is 0 Å². The van der Waals surface area contributed by atoms with Gasteiger partial charge in [0, 0.05) is 19.6 Å². The number of nitrogens with one attached hydrogen (secondary N) is 2. The van der Waals surface area contributed by atoms with Crippen LogP contribution in [0.15, 0.2) is 53.5 Å². The maximum Gasteiger partial charge on any atom is 0.191 e. The number of hydrogen-bond acceptors (Lipinski definition) is 3. The van der Waals surface area contributed by atoms with Crippen LogP contribution in [0.4, 0.5) is 4.39 Å². The van der Waals surface area contributed by atoms with E-state index in [2.05, 4.69) is 15.6 Å². The Kier molecular flexibility index (Phi) is 9.12. The maximum absolute atomic E-state index is 13.2. The van der Waals surface area contributed by atoms with Gasteiger partial charge in [0.25, 0.3) is 0 Å². The van der Waals surface area contributed by atoms with Crippen molar-refractivity contribution in [3.63, 3.8) is 0 Å². The molecule has 0 heterocycles. The molecule has 0 atom stereocenters. The van der Waals surface area contributed by atoms with Crippen LogP contribution in [0.25, 0.3) is 0 Å². The van der Waals surface area contributed by atoms with Crippen LogP contribution in [0.5, 0.6) is 0 Å². The zero-order chi connectivity index (χ0) is 21.1. The number of rotatable bonds is 10. The van der Waals surface area contributed by atoms with E-state index in [-0.39, 0.29) is 17.3 Å². The Morgan fingerprint density at radius 3 is 2.55 bits per heavy atom. The third kappa shape index (κ3) is 8.64. The zero-order valence-corrected chi connectivity index (χ0v) is 17.9. The summed E-state index contributed by atoms with van der Waals surface area (Å²) in [5, 5.41) is 6.40. The molecule has 2 rings (SSSR count). The summed E-state index contributed by atoms with van der Waals surface area (Å²) in [6.45, 7) is 5.68. The number of benzene rings is 2. The Bertz CT molecular complexity index is 900. The molecule has 0 aromatic heterocycles. The van der Waals surface area contributed by atoms with Gasteiger partial charge in [0.1, 0.15) is 5.82 Å². The van der Waals surface area contributed by atoms with Crippen molar-refractivity contribution in [3.8, 4) is 0 Å². The second-order valence-electron chi connectivity index (χ2n) is 6.94. The Morgan fingerprint density at radius 2 is 1.86 bits per heavy atom. The summed E-state index contributed by atoms with van der Waals surface area (Å²) in [6.07, 6.45) is 1.23. The first-order chi connectivity index (χ1) is 13.9. The summed E-state index contributed by atoms with van der Waals surface area (Å²) in [5.41, 5.74) is 2.82. The van der Waals surface area contributed by atoms with Gasteiger partial charge >= 0.3 is 0 Å². The highest BCUT2D eigenvalue weighted by Gasteiger charge is 2.11. The van der Waals surface area contributed by atoms with Gasteiger partial charge in [-0.15, -0.1) is 0 Å². The molecule has 2 aromatic carbocycles. The van der Waals surface area contributed by atoms with E-state index in [9.17, 15) is 12.8 Å². The minimum Gasteiger partial charge on any atom is -0.357 e. The molecular formula is C22H30FN3O2S. The van der Waals surface area contributed by atoms with Gasteiger partial charge < -0.3 is 10.6 Å². The number of hydrogen-bond donors (Lipinski definition) is 2. The van der Waals surface area contributed by atoms with E-state index in [1.165, 1.54) is 12.1 Å². The van der Waals surface area contributed by atoms with Crippen LogP contribution in [0.3, 0.4) is 0 Å². The second-order valence-corrected chi connectivity index (χ2v) is 9.12. The molecule has 158 valence electrons. The summed E-state index contributed by atoms with van der Waals surface area (Å²) in [5.74, 6) is 0.607. The van der Waals surface area contributed by atoms with Gasteiger partial charge in [0.15, 0.2) is 15.8 Å². The molecule has 0 aliphatic heterocycles. The van der Waals surface area contributed by atoms with Crippen LogP contribution in [0.2, 0.25) is 0 Å². The molecule has 2 aromatic rings. The summed E-state index contributed by atoms with van der Waals surface area (Å²) in [7, 11) is -3.15. The number of halogens is 1. The molecule has 7 heteroatoms. The summed E-state index contributed by atoms with van der Waals surface area (Å²) >= 11 is 0. The van der Waals surface area contributed by atoms with Gasteiger partial charge in [0.2, 0.25) is 0 Å². The number of guanidine groups is 1. The van der Waals surface area contributed by atoms with Gasteiger partial charge in [-0.3, -0.25) is 4.99 Å². The maximum atomic E-state index is 13.2. The lowest BCUT2D eigenvalue weighted by molar-refractivity contribution is 0.592. The van der Waals surface area contributed by atoms with Gasteiger partial charge in [-0.25, -0.2) is 12.8 Å². The lowest BCUT2D eigenvalue weighted by atomic mass is 10.1. The van der Waals surface area contributed by atoms with E-state index in [1.807, 2.05) is 44.2 Å². The van der Waals surface area contributed by atoms with Crippen LogP contribution < -0.4 is 10.6 Å². The predicted molar refractivity (Wildman–Crippen MR) is 117 cm³/mol. The highest BCUT2D eigenvalue weighted by atomic mass is 32.2. The van der Waals surface area contributed by atoms with E-state index in [0.717, 1.165) is 23.1 Å². The normalized spacial score (nSPS) is 12.0. The highest BCUT2D eigenvalue weighted by molar-refractivity contribution is 7.90. The monoisotopic (exact) mass is 419 g/mol. The molecule has 0 bridgehead atoms.